The molecule has 0 aromatic heterocycles. The Morgan fingerprint density at radius 2 is 1.66 bits per heavy atom. The molecule has 0 aliphatic carbocycles. The average molecular weight is 522 g/mol. The molecule has 0 saturated heterocycles. The fraction of sp³-hybridized carbons (Fsp3) is 0.462. The van der Waals surface area contributed by atoms with Crippen molar-refractivity contribution in [3.05, 3.63) is 65.2 Å². The molecule has 0 aliphatic rings. The molecule has 2 aromatic carbocycles. The number of anilines is 1. The maximum Gasteiger partial charge on any atom is 0.242 e. The summed E-state index contributed by atoms with van der Waals surface area (Å²) in [6.07, 6.45) is 2.03. The molecule has 1 N–H and O–H groups in total. The number of hydrogen-bond acceptors (Lipinski definition) is 4. The van der Waals surface area contributed by atoms with E-state index in [9.17, 15) is 18.0 Å². The molecule has 2 rings (SSSR count). The van der Waals surface area contributed by atoms with E-state index in [1.165, 1.54) is 4.31 Å². The number of carbonyl (C=O) groups excluding carboxylic acids is 2. The summed E-state index contributed by atoms with van der Waals surface area (Å²) < 4.78 is 26.0. The Labute approximate surface area is 214 Å². The number of carbonyl (C=O) groups is 2. The largest absolute Gasteiger partial charge is 0.354 e. The number of amides is 2. The molecule has 35 heavy (non-hydrogen) atoms. The highest BCUT2D eigenvalue weighted by molar-refractivity contribution is 7.92. The third-order valence-corrected chi connectivity index (χ3v) is 6.98. The van der Waals surface area contributed by atoms with Gasteiger partial charge in [0.15, 0.2) is 0 Å². The number of nitrogens with zero attached hydrogens (tertiary/aromatic N) is 2. The van der Waals surface area contributed by atoms with Gasteiger partial charge in [-0.25, -0.2) is 8.42 Å². The first kappa shape index (κ1) is 28.7. The normalized spacial score (nSPS) is 12.3. The van der Waals surface area contributed by atoms with Gasteiger partial charge in [-0.05, 0) is 48.6 Å². The molecule has 9 heteroatoms. The van der Waals surface area contributed by atoms with Gasteiger partial charge in [0, 0.05) is 31.1 Å². The quantitative estimate of drug-likeness (QED) is 0.421. The standard InChI is InChI=1S/C26H36ClN3O4S/c1-5-24(26(32)28-18-20(2)3)29(19-21-10-7-6-8-11-21)25(31)12-9-17-30(35(4,33)34)23-15-13-22(27)14-16-23/h6-8,10-11,13-16,20,24H,5,9,12,17-19H2,1-4H3,(H,28,32). The van der Waals surface area contributed by atoms with Crippen LogP contribution in [0.4, 0.5) is 5.69 Å². The first-order valence-corrected chi connectivity index (χ1v) is 14.1. The molecule has 192 valence electrons. The third kappa shape index (κ3) is 9.18. The highest BCUT2D eigenvalue weighted by Crippen LogP contribution is 2.21. The molecular formula is C26H36ClN3O4S. The van der Waals surface area contributed by atoms with E-state index in [0.29, 0.717) is 42.6 Å². The van der Waals surface area contributed by atoms with Gasteiger partial charge in [-0.2, -0.15) is 0 Å². The molecule has 2 amide bonds. The molecule has 2 aromatic rings. The van der Waals surface area contributed by atoms with Gasteiger partial charge >= 0.3 is 0 Å². The van der Waals surface area contributed by atoms with Gasteiger partial charge in [0.1, 0.15) is 6.04 Å². The van der Waals surface area contributed by atoms with Crippen molar-refractivity contribution in [3.63, 3.8) is 0 Å². The van der Waals surface area contributed by atoms with E-state index in [2.05, 4.69) is 5.32 Å². The maximum atomic E-state index is 13.4. The van der Waals surface area contributed by atoms with Gasteiger partial charge in [-0.15, -0.1) is 0 Å². The molecule has 0 heterocycles. The van der Waals surface area contributed by atoms with Crippen LogP contribution in [0.1, 0.15) is 45.6 Å². The highest BCUT2D eigenvalue weighted by Gasteiger charge is 2.28. The van der Waals surface area contributed by atoms with Crippen LogP contribution in [-0.4, -0.2) is 50.5 Å². The molecule has 0 aliphatic heterocycles. The molecule has 1 unspecified atom stereocenters. The van der Waals surface area contributed by atoms with Crippen LogP contribution in [-0.2, 0) is 26.2 Å². The molecule has 7 nitrogen and oxygen atoms in total. The summed E-state index contributed by atoms with van der Waals surface area (Å²) in [7, 11) is -3.55. The van der Waals surface area contributed by atoms with Crippen LogP contribution in [0.3, 0.4) is 0 Å². The Morgan fingerprint density at radius 3 is 2.20 bits per heavy atom. The molecule has 0 radical (unpaired) electrons. The fourth-order valence-electron chi connectivity index (χ4n) is 3.73. The van der Waals surface area contributed by atoms with Crippen molar-refractivity contribution in [2.24, 2.45) is 5.92 Å². The van der Waals surface area contributed by atoms with Gasteiger partial charge in [-0.1, -0.05) is 62.7 Å². The number of rotatable bonds is 13. The van der Waals surface area contributed by atoms with Gasteiger partial charge in [0.25, 0.3) is 0 Å². The zero-order valence-electron chi connectivity index (χ0n) is 20.9. The van der Waals surface area contributed by atoms with E-state index in [-0.39, 0.29) is 24.8 Å². The molecule has 0 fully saturated rings. The van der Waals surface area contributed by atoms with E-state index in [1.807, 2.05) is 51.1 Å². The number of sulfonamides is 1. The van der Waals surface area contributed by atoms with Crippen LogP contribution in [0.2, 0.25) is 5.02 Å². The second-order valence-electron chi connectivity index (χ2n) is 8.99. The summed E-state index contributed by atoms with van der Waals surface area (Å²) in [6, 6.07) is 15.5. The lowest BCUT2D eigenvalue weighted by molar-refractivity contribution is -0.141. The predicted molar refractivity (Wildman–Crippen MR) is 142 cm³/mol. The van der Waals surface area contributed by atoms with E-state index in [1.54, 1.807) is 29.2 Å². The minimum Gasteiger partial charge on any atom is -0.354 e. The van der Waals surface area contributed by atoms with Crippen molar-refractivity contribution in [1.82, 2.24) is 10.2 Å². The Morgan fingerprint density at radius 1 is 1.03 bits per heavy atom. The van der Waals surface area contributed by atoms with Crippen LogP contribution in [0.25, 0.3) is 0 Å². The zero-order valence-corrected chi connectivity index (χ0v) is 22.5. The topological polar surface area (TPSA) is 86.8 Å². The lowest BCUT2D eigenvalue weighted by Crippen LogP contribution is -2.49. The van der Waals surface area contributed by atoms with Crippen molar-refractivity contribution in [2.45, 2.75) is 52.6 Å². The third-order valence-electron chi connectivity index (χ3n) is 5.53. The zero-order chi connectivity index (χ0) is 26.0. The monoisotopic (exact) mass is 521 g/mol. The highest BCUT2D eigenvalue weighted by atomic mass is 35.5. The van der Waals surface area contributed by atoms with Crippen molar-refractivity contribution in [2.75, 3.05) is 23.7 Å². The molecule has 0 spiro atoms. The summed E-state index contributed by atoms with van der Waals surface area (Å²) in [5, 5.41) is 3.45. The Hall–Kier alpha value is -2.58. The minimum atomic E-state index is -3.55. The van der Waals surface area contributed by atoms with E-state index in [4.69, 9.17) is 11.6 Å². The van der Waals surface area contributed by atoms with Crippen molar-refractivity contribution in [1.29, 1.82) is 0 Å². The lowest BCUT2D eigenvalue weighted by Gasteiger charge is -2.31. The number of benzene rings is 2. The Kier molecular flexibility index (Phi) is 11.0. The Bertz CT molecular complexity index is 1060. The molecule has 1 atom stereocenters. The van der Waals surface area contributed by atoms with Crippen LogP contribution >= 0.6 is 11.6 Å². The molecule has 0 saturated carbocycles. The Balaban J connectivity index is 2.17. The molecule has 0 bridgehead atoms. The summed E-state index contributed by atoms with van der Waals surface area (Å²) in [4.78, 5) is 27.9. The summed E-state index contributed by atoms with van der Waals surface area (Å²) in [5.41, 5.74) is 1.42. The SMILES string of the molecule is CCC(C(=O)NCC(C)C)N(Cc1ccccc1)C(=O)CCCN(c1ccc(Cl)cc1)S(C)(=O)=O. The van der Waals surface area contributed by atoms with Crippen LogP contribution in [0.15, 0.2) is 54.6 Å². The van der Waals surface area contributed by atoms with Crippen molar-refractivity contribution < 1.29 is 18.0 Å². The van der Waals surface area contributed by atoms with Crippen LogP contribution in [0, 0.1) is 5.92 Å². The number of halogens is 1. The van der Waals surface area contributed by atoms with Crippen molar-refractivity contribution >= 4 is 39.1 Å². The van der Waals surface area contributed by atoms with Gasteiger partial charge in [-0.3, -0.25) is 13.9 Å². The minimum absolute atomic E-state index is 0.112. The smallest absolute Gasteiger partial charge is 0.242 e. The van der Waals surface area contributed by atoms with Gasteiger partial charge in [0.05, 0.1) is 11.9 Å². The predicted octanol–water partition coefficient (Wildman–Crippen LogP) is 4.47. The average Bonchev–Trinajstić information content (AvgIpc) is 2.81. The first-order valence-electron chi connectivity index (χ1n) is 11.9. The van der Waals surface area contributed by atoms with Crippen molar-refractivity contribution in [3.8, 4) is 0 Å². The first-order chi connectivity index (χ1) is 16.5. The number of nitrogens with one attached hydrogen (secondary N) is 1. The summed E-state index contributed by atoms with van der Waals surface area (Å²) in [6.45, 7) is 6.90. The van der Waals surface area contributed by atoms with Gasteiger partial charge in [0.2, 0.25) is 21.8 Å². The molecular weight excluding hydrogens is 486 g/mol. The van der Waals surface area contributed by atoms with Crippen LogP contribution in [0.5, 0.6) is 0 Å². The van der Waals surface area contributed by atoms with Gasteiger partial charge < -0.3 is 10.2 Å². The van der Waals surface area contributed by atoms with E-state index >= 15 is 0 Å². The lowest BCUT2D eigenvalue weighted by atomic mass is 10.1. The van der Waals surface area contributed by atoms with E-state index < -0.39 is 16.1 Å². The second-order valence-corrected chi connectivity index (χ2v) is 11.3. The number of hydrogen-bond donors (Lipinski definition) is 1. The van der Waals surface area contributed by atoms with E-state index in [0.717, 1.165) is 11.8 Å². The summed E-state index contributed by atoms with van der Waals surface area (Å²) >= 11 is 5.94. The second kappa shape index (κ2) is 13.5. The maximum absolute atomic E-state index is 13.4. The van der Waals surface area contributed by atoms with Crippen LogP contribution < -0.4 is 9.62 Å². The summed E-state index contributed by atoms with van der Waals surface area (Å²) in [5.74, 6) is -0.0704. The fourth-order valence-corrected chi connectivity index (χ4v) is 4.82.